The predicted octanol–water partition coefficient (Wildman–Crippen LogP) is 2.25. The molecule has 0 aliphatic rings. The summed E-state index contributed by atoms with van der Waals surface area (Å²) in [5.41, 5.74) is 2.63. The molecule has 0 aliphatic heterocycles. The van der Waals surface area contributed by atoms with E-state index in [2.05, 4.69) is 11.8 Å². The summed E-state index contributed by atoms with van der Waals surface area (Å²) in [5.74, 6) is -0.382. The molecule has 0 N–H and O–H groups in total. The summed E-state index contributed by atoms with van der Waals surface area (Å²) in [5, 5.41) is 0. The Labute approximate surface area is 72.2 Å². The van der Waals surface area contributed by atoms with Crippen LogP contribution < -0.4 is 0 Å². The van der Waals surface area contributed by atoms with Gasteiger partial charge in [-0.1, -0.05) is 17.7 Å². The van der Waals surface area contributed by atoms with Crippen LogP contribution in [0.2, 0.25) is 0 Å². The third-order valence-electron chi connectivity index (χ3n) is 1.73. The van der Waals surface area contributed by atoms with Crippen molar-refractivity contribution in [2.24, 2.45) is 0 Å². The normalized spacial score (nSPS) is 9.58. The number of hydrogen-bond acceptors (Lipinski definition) is 2. The molecule has 0 fully saturated rings. The molecule has 1 radical (unpaired) electrons. The lowest BCUT2D eigenvalue weighted by Crippen LogP contribution is -2.02. The van der Waals surface area contributed by atoms with Gasteiger partial charge in [-0.05, 0) is 25.5 Å². The Bertz CT molecular complexity index is 303. The van der Waals surface area contributed by atoms with Gasteiger partial charge >= 0.3 is 5.97 Å². The Morgan fingerprint density at radius 1 is 1.42 bits per heavy atom. The molecular weight excluding hydrogens is 152 g/mol. The van der Waals surface area contributed by atoms with Gasteiger partial charge in [0.2, 0.25) is 0 Å². The number of benzene rings is 1. The van der Waals surface area contributed by atoms with Crippen LogP contribution in [0.4, 0.5) is 0 Å². The van der Waals surface area contributed by atoms with Crippen molar-refractivity contribution >= 4 is 5.97 Å². The van der Waals surface area contributed by atoms with Gasteiger partial charge in [0.15, 0.2) is 0 Å². The van der Waals surface area contributed by atoms with Crippen molar-refractivity contribution in [2.75, 3.05) is 0 Å². The van der Waals surface area contributed by atoms with Crippen molar-refractivity contribution in [3.05, 3.63) is 42.0 Å². The molecule has 0 heterocycles. The molecule has 1 aromatic carbocycles. The molecular formula is C10H11O2. The molecule has 0 bridgehead atoms. The molecule has 12 heavy (non-hydrogen) atoms. The maximum absolute atomic E-state index is 11.1. The van der Waals surface area contributed by atoms with Crippen molar-refractivity contribution in [2.45, 2.75) is 13.8 Å². The first-order valence-corrected chi connectivity index (χ1v) is 3.68. The van der Waals surface area contributed by atoms with Gasteiger partial charge in [0.25, 0.3) is 0 Å². The highest BCUT2D eigenvalue weighted by atomic mass is 16.5. The van der Waals surface area contributed by atoms with Crippen LogP contribution in [-0.2, 0) is 4.74 Å². The Morgan fingerprint density at radius 3 is 2.58 bits per heavy atom. The van der Waals surface area contributed by atoms with Crippen LogP contribution in [0.3, 0.4) is 0 Å². The fraction of sp³-hybridized carbons (Fsp3) is 0.200. The van der Waals surface area contributed by atoms with Crippen molar-refractivity contribution < 1.29 is 9.53 Å². The lowest BCUT2D eigenvalue weighted by Gasteiger charge is -2.03. The Balaban J connectivity index is 3.09. The molecule has 0 atom stereocenters. The van der Waals surface area contributed by atoms with Crippen LogP contribution in [0.25, 0.3) is 0 Å². The van der Waals surface area contributed by atoms with Crippen LogP contribution in [0.5, 0.6) is 0 Å². The van der Waals surface area contributed by atoms with Gasteiger partial charge in [0.1, 0.15) is 7.11 Å². The molecule has 1 rings (SSSR count). The number of aryl methyl sites for hydroxylation is 2. The SMILES string of the molecule is [CH2]OC(=O)c1ccc(C)cc1C. The molecule has 63 valence electrons. The largest absolute Gasteiger partial charge is 0.458 e. The van der Waals surface area contributed by atoms with E-state index in [-0.39, 0.29) is 5.97 Å². The van der Waals surface area contributed by atoms with Crippen LogP contribution in [0.15, 0.2) is 18.2 Å². The average Bonchev–Trinajstić information content (AvgIpc) is 2.03. The molecule has 1 aromatic rings. The fourth-order valence-electron chi connectivity index (χ4n) is 1.12. The van der Waals surface area contributed by atoms with Gasteiger partial charge in [-0.3, -0.25) is 0 Å². The quantitative estimate of drug-likeness (QED) is 0.593. The molecule has 0 amide bonds. The van der Waals surface area contributed by atoms with E-state index in [1.807, 2.05) is 26.0 Å². The third-order valence-corrected chi connectivity index (χ3v) is 1.73. The highest BCUT2D eigenvalue weighted by Crippen LogP contribution is 2.11. The second kappa shape index (κ2) is 3.39. The number of hydrogen-bond donors (Lipinski definition) is 0. The van der Waals surface area contributed by atoms with Crippen molar-refractivity contribution in [1.29, 1.82) is 0 Å². The third kappa shape index (κ3) is 1.64. The molecule has 0 unspecified atom stereocenters. The zero-order valence-electron chi connectivity index (χ0n) is 7.26. The van der Waals surface area contributed by atoms with Gasteiger partial charge in [-0.25, -0.2) is 4.79 Å². The first-order valence-electron chi connectivity index (χ1n) is 3.68. The minimum Gasteiger partial charge on any atom is -0.458 e. The first-order chi connectivity index (χ1) is 5.65. The van der Waals surface area contributed by atoms with Crippen LogP contribution in [0.1, 0.15) is 21.5 Å². The zero-order chi connectivity index (χ0) is 9.14. The maximum Gasteiger partial charge on any atom is 0.338 e. The molecule has 0 saturated heterocycles. The second-order valence-electron chi connectivity index (χ2n) is 2.75. The topological polar surface area (TPSA) is 26.3 Å². The zero-order valence-corrected chi connectivity index (χ0v) is 7.26. The molecule has 0 spiro atoms. The summed E-state index contributed by atoms with van der Waals surface area (Å²) in [6.07, 6.45) is 0. The number of ether oxygens (including phenoxy) is 1. The predicted molar refractivity (Wildman–Crippen MR) is 46.7 cm³/mol. The Kier molecular flexibility index (Phi) is 2.48. The highest BCUT2D eigenvalue weighted by Gasteiger charge is 2.07. The number of rotatable bonds is 1. The van der Waals surface area contributed by atoms with E-state index < -0.39 is 0 Å². The average molecular weight is 163 g/mol. The van der Waals surface area contributed by atoms with E-state index >= 15 is 0 Å². The number of carbonyl (C=O) groups excluding carboxylic acids is 1. The number of esters is 1. The minimum absolute atomic E-state index is 0.382. The van der Waals surface area contributed by atoms with Crippen molar-refractivity contribution in [3.8, 4) is 0 Å². The maximum atomic E-state index is 11.1. The van der Waals surface area contributed by atoms with Crippen molar-refractivity contribution in [1.82, 2.24) is 0 Å². The van der Waals surface area contributed by atoms with Crippen LogP contribution >= 0.6 is 0 Å². The Hall–Kier alpha value is -1.31. The Morgan fingerprint density at radius 2 is 2.08 bits per heavy atom. The monoisotopic (exact) mass is 163 g/mol. The number of carbonyl (C=O) groups is 1. The van der Waals surface area contributed by atoms with E-state index in [1.165, 1.54) is 0 Å². The van der Waals surface area contributed by atoms with E-state index in [1.54, 1.807) is 6.07 Å². The summed E-state index contributed by atoms with van der Waals surface area (Å²) in [6, 6.07) is 5.56. The van der Waals surface area contributed by atoms with Crippen molar-refractivity contribution in [3.63, 3.8) is 0 Å². The van der Waals surface area contributed by atoms with E-state index in [4.69, 9.17) is 0 Å². The van der Waals surface area contributed by atoms with E-state index in [0.717, 1.165) is 11.1 Å². The first kappa shape index (κ1) is 8.78. The standard InChI is InChI=1S/C10H11O2/c1-7-4-5-9(8(2)6-7)10(11)12-3/h4-6H,3H2,1-2H3. The molecule has 2 heteroatoms. The summed E-state index contributed by atoms with van der Waals surface area (Å²) in [6.45, 7) is 3.85. The van der Waals surface area contributed by atoms with Gasteiger partial charge in [-0.15, -0.1) is 0 Å². The summed E-state index contributed by atoms with van der Waals surface area (Å²) in [4.78, 5) is 11.1. The van der Waals surface area contributed by atoms with E-state index in [9.17, 15) is 4.79 Å². The van der Waals surface area contributed by atoms with Gasteiger partial charge in [0, 0.05) is 0 Å². The molecule has 0 aromatic heterocycles. The van der Waals surface area contributed by atoms with E-state index in [0.29, 0.717) is 5.56 Å². The van der Waals surface area contributed by atoms with Crippen LogP contribution in [0, 0.1) is 21.0 Å². The lowest BCUT2D eigenvalue weighted by molar-refractivity contribution is 0.0653. The molecule has 2 nitrogen and oxygen atoms in total. The summed E-state index contributed by atoms with van der Waals surface area (Å²) in [7, 11) is 3.08. The van der Waals surface area contributed by atoms with Crippen LogP contribution in [-0.4, -0.2) is 5.97 Å². The fourth-order valence-corrected chi connectivity index (χ4v) is 1.12. The van der Waals surface area contributed by atoms with Gasteiger partial charge in [0.05, 0.1) is 5.56 Å². The van der Waals surface area contributed by atoms with Gasteiger partial charge in [-0.2, -0.15) is 0 Å². The highest BCUT2D eigenvalue weighted by molar-refractivity contribution is 5.91. The minimum atomic E-state index is -0.382. The summed E-state index contributed by atoms with van der Waals surface area (Å²) >= 11 is 0. The smallest absolute Gasteiger partial charge is 0.338 e. The molecule has 0 saturated carbocycles. The van der Waals surface area contributed by atoms with Gasteiger partial charge < -0.3 is 4.74 Å². The summed E-state index contributed by atoms with van der Waals surface area (Å²) < 4.78 is 4.37. The second-order valence-corrected chi connectivity index (χ2v) is 2.75. The molecule has 0 aliphatic carbocycles. The lowest BCUT2D eigenvalue weighted by atomic mass is 10.1.